The van der Waals surface area contributed by atoms with E-state index in [2.05, 4.69) is 27.3 Å². The van der Waals surface area contributed by atoms with E-state index in [1.807, 2.05) is 19.1 Å². The van der Waals surface area contributed by atoms with Crippen molar-refractivity contribution < 1.29 is 9.21 Å². The van der Waals surface area contributed by atoms with Gasteiger partial charge in [-0.1, -0.05) is 6.42 Å². The lowest BCUT2D eigenvalue weighted by Crippen LogP contribution is -2.32. The van der Waals surface area contributed by atoms with Gasteiger partial charge in [0.25, 0.3) is 5.91 Å². The van der Waals surface area contributed by atoms with Crippen molar-refractivity contribution >= 4 is 5.91 Å². The number of carbonyl (C=O) groups is 1. The predicted molar refractivity (Wildman–Crippen MR) is 87.0 cm³/mol. The van der Waals surface area contributed by atoms with Gasteiger partial charge in [0.05, 0.1) is 18.3 Å². The van der Waals surface area contributed by atoms with Crippen molar-refractivity contribution in [3.8, 4) is 0 Å². The number of piperidine rings is 1. The Bertz CT molecular complexity index is 655. The highest BCUT2D eigenvalue weighted by molar-refractivity contribution is 5.91. The van der Waals surface area contributed by atoms with Crippen molar-refractivity contribution in [3.05, 3.63) is 41.1 Å². The van der Waals surface area contributed by atoms with E-state index in [9.17, 15) is 4.79 Å². The van der Waals surface area contributed by atoms with Gasteiger partial charge in [-0.15, -0.1) is 0 Å². The second-order valence-corrected chi connectivity index (χ2v) is 6.20. The molecule has 0 unspecified atom stereocenters. The van der Waals surface area contributed by atoms with E-state index in [0.717, 1.165) is 30.2 Å². The largest absolute Gasteiger partial charge is 0.454 e. The van der Waals surface area contributed by atoms with Crippen LogP contribution in [0.25, 0.3) is 0 Å². The summed E-state index contributed by atoms with van der Waals surface area (Å²) in [5, 5.41) is 9.79. The number of amides is 1. The minimum atomic E-state index is -0.206. The molecular formula is C17H24N4O2. The molecule has 6 heteroatoms. The van der Waals surface area contributed by atoms with E-state index in [-0.39, 0.29) is 11.9 Å². The zero-order valence-electron chi connectivity index (χ0n) is 13.8. The Labute approximate surface area is 136 Å². The van der Waals surface area contributed by atoms with Crippen molar-refractivity contribution in [1.82, 2.24) is 20.4 Å². The van der Waals surface area contributed by atoms with Gasteiger partial charge in [0.1, 0.15) is 5.76 Å². The number of nitrogens with one attached hydrogen (secondary N) is 2. The second-order valence-electron chi connectivity index (χ2n) is 6.20. The summed E-state index contributed by atoms with van der Waals surface area (Å²) < 4.78 is 5.77. The number of nitrogens with zero attached hydrogens (tertiary/aromatic N) is 2. The van der Waals surface area contributed by atoms with Gasteiger partial charge in [-0.3, -0.25) is 14.8 Å². The molecule has 1 fully saturated rings. The molecule has 1 aliphatic heterocycles. The third kappa shape index (κ3) is 3.82. The van der Waals surface area contributed by atoms with Gasteiger partial charge >= 0.3 is 0 Å². The Hall–Kier alpha value is -2.08. The quantitative estimate of drug-likeness (QED) is 0.889. The molecule has 0 spiro atoms. The molecule has 1 aliphatic rings. The number of hydrogen-bond acceptors (Lipinski definition) is 4. The molecule has 23 heavy (non-hydrogen) atoms. The average molecular weight is 316 g/mol. The number of carbonyl (C=O) groups excluding carboxylic acids is 1. The van der Waals surface area contributed by atoms with Crippen molar-refractivity contribution in [3.63, 3.8) is 0 Å². The maximum atomic E-state index is 12.2. The van der Waals surface area contributed by atoms with Gasteiger partial charge in [-0.25, -0.2) is 0 Å². The molecule has 0 saturated carbocycles. The van der Waals surface area contributed by atoms with Crippen LogP contribution in [0.15, 0.2) is 22.6 Å². The normalized spacial score (nSPS) is 17.1. The van der Waals surface area contributed by atoms with Gasteiger partial charge in [0.2, 0.25) is 0 Å². The maximum absolute atomic E-state index is 12.2. The van der Waals surface area contributed by atoms with Crippen molar-refractivity contribution in [2.45, 2.75) is 45.7 Å². The molecule has 0 aromatic carbocycles. The summed E-state index contributed by atoms with van der Waals surface area (Å²) in [5.41, 5.74) is 1.79. The summed E-state index contributed by atoms with van der Waals surface area (Å²) in [7, 11) is 0. The summed E-state index contributed by atoms with van der Waals surface area (Å²) in [6.45, 7) is 6.65. The maximum Gasteiger partial charge on any atom is 0.287 e. The van der Waals surface area contributed by atoms with Crippen LogP contribution in [-0.2, 0) is 6.54 Å². The highest BCUT2D eigenvalue weighted by Crippen LogP contribution is 2.25. The monoisotopic (exact) mass is 316 g/mol. The van der Waals surface area contributed by atoms with E-state index in [1.165, 1.54) is 19.3 Å². The highest BCUT2D eigenvalue weighted by Gasteiger charge is 2.22. The third-order valence-electron chi connectivity index (χ3n) is 4.39. The van der Waals surface area contributed by atoms with E-state index in [0.29, 0.717) is 12.3 Å². The van der Waals surface area contributed by atoms with Gasteiger partial charge in [0.15, 0.2) is 5.76 Å². The summed E-state index contributed by atoms with van der Waals surface area (Å²) >= 11 is 0. The number of aromatic amines is 1. The lowest BCUT2D eigenvalue weighted by Gasteiger charge is -2.31. The van der Waals surface area contributed by atoms with E-state index in [4.69, 9.17) is 4.42 Å². The summed E-state index contributed by atoms with van der Waals surface area (Å²) in [6, 6.07) is 5.78. The van der Waals surface area contributed by atoms with Crippen LogP contribution in [0.1, 0.15) is 59.9 Å². The molecule has 1 saturated heterocycles. The van der Waals surface area contributed by atoms with Gasteiger partial charge in [-0.2, -0.15) is 5.10 Å². The smallest absolute Gasteiger partial charge is 0.287 e. The fraction of sp³-hybridized carbons (Fsp3) is 0.529. The topological polar surface area (TPSA) is 74.2 Å². The Kier molecular flexibility index (Phi) is 4.81. The van der Waals surface area contributed by atoms with Crippen LogP contribution in [0.5, 0.6) is 0 Å². The van der Waals surface area contributed by atoms with Gasteiger partial charge in [-0.05, 0) is 58.0 Å². The molecule has 3 rings (SSSR count). The third-order valence-corrected chi connectivity index (χ3v) is 4.39. The molecule has 124 valence electrons. The van der Waals surface area contributed by atoms with Crippen LogP contribution in [0.3, 0.4) is 0 Å². The zero-order chi connectivity index (χ0) is 16.2. The lowest BCUT2D eigenvalue weighted by atomic mass is 10.1. The first-order chi connectivity index (χ1) is 11.1. The summed E-state index contributed by atoms with van der Waals surface area (Å²) in [4.78, 5) is 14.6. The first-order valence-corrected chi connectivity index (χ1v) is 8.26. The van der Waals surface area contributed by atoms with Gasteiger partial charge in [0, 0.05) is 5.69 Å². The molecule has 3 heterocycles. The predicted octanol–water partition coefficient (Wildman–Crippen LogP) is 2.79. The van der Waals surface area contributed by atoms with E-state index in [1.54, 1.807) is 6.07 Å². The summed E-state index contributed by atoms with van der Waals surface area (Å²) in [6.07, 6.45) is 3.78. The molecule has 2 aromatic rings. The number of likely N-dealkylation sites (tertiary alicyclic amines) is 1. The van der Waals surface area contributed by atoms with Crippen LogP contribution in [0.2, 0.25) is 0 Å². The molecule has 0 aliphatic carbocycles. The summed E-state index contributed by atoms with van der Waals surface area (Å²) in [5.74, 6) is 1.01. The molecule has 2 aromatic heterocycles. The molecule has 1 amide bonds. The minimum Gasteiger partial charge on any atom is -0.454 e. The van der Waals surface area contributed by atoms with E-state index >= 15 is 0 Å². The minimum absolute atomic E-state index is 0.206. The number of hydrogen-bond donors (Lipinski definition) is 2. The Morgan fingerprint density at radius 3 is 2.87 bits per heavy atom. The standard InChI is InChI=1S/C17H24N4O2/c1-12-10-14(20-19-12)11-18-17(22)16-7-6-15(23-16)13(2)21-8-4-3-5-9-21/h6-7,10,13H,3-5,8-9,11H2,1-2H3,(H,18,22)(H,19,20)/t13-/m0/s1. The number of aryl methyl sites for hydroxylation is 1. The van der Waals surface area contributed by atoms with Crippen LogP contribution in [0, 0.1) is 6.92 Å². The molecule has 0 bridgehead atoms. The number of aromatic nitrogens is 2. The first kappa shape index (κ1) is 15.8. The molecule has 6 nitrogen and oxygen atoms in total. The molecular weight excluding hydrogens is 292 g/mol. The fourth-order valence-electron chi connectivity index (χ4n) is 3.01. The van der Waals surface area contributed by atoms with E-state index < -0.39 is 0 Å². The Morgan fingerprint density at radius 2 is 2.17 bits per heavy atom. The number of furan rings is 1. The number of H-pyrrole nitrogens is 1. The SMILES string of the molecule is Cc1cc(CNC(=O)c2ccc([C@H](C)N3CCCCC3)o2)n[nH]1. The fourth-order valence-corrected chi connectivity index (χ4v) is 3.01. The van der Waals surface area contributed by atoms with Crippen LogP contribution in [0.4, 0.5) is 0 Å². The average Bonchev–Trinajstić information content (AvgIpc) is 3.22. The van der Waals surface area contributed by atoms with Crippen molar-refractivity contribution in [2.24, 2.45) is 0 Å². The molecule has 2 N–H and O–H groups in total. The molecule has 1 atom stereocenters. The highest BCUT2D eigenvalue weighted by atomic mass is 16.4. The first-order valence-electron chi connectivity index (χ1n) is 8.26. The van der Waals surface area contributed by atoms with Gasteiger partial charge < -0.3 is 9.73 Å². The Balaban J connectivity index is 1.58. The van der Waals surface area contributed by atoms with Crippen molar-refractivity contribution in [1.29, 1.82) is 0 Å². The second kappa shape index (κ2) is 7.00. The van der Waals surface area contributed by atoms with Crippen LogP contribution in [-0.4, -0.2) is 34.1 Å². The van der Waals surface area contributed by atoms with Crippen LogP contribution < -0.4 is 5.32 Å². The lowest BCUT2D eigenvalue weighted by molar-refractivity contribution is 0.0913. The zero-order valence-corrected chi connectivity index (χ0v) is 13.8. The number of rotatable bonds is 5. The Morgan fingerprint density at radius 1 is 1.39 bits per heavy atom. The molecule has 0 radical (unpaired) electrons. The van der Waals surface area contributed by atoms with Crippen molar-refractivity contribution in [2.75, 3.05) is 13.1 Å². The van der Waals surface area contributed by atoms with Crippen LogP contribution >= 0.6 is 0 Å².